The van der Waals surface area contributed by atoms with Crippen LogP contribution < -0.4 is 0 Å². The maximum atomic E-state index is 5.62. The molecule has 0 unspecified atom stereocenters. The van der Waals surface area contributed by atoms with Gasteiger partial charge in [0.2, 0.25) is 0 Å². The molecule has 0 N–H and O–H groups in total. The van der Waals surface area contributed by atoms with Crippen molar-refractivity contribution in [1.29, 1.82) is 0 Å². The Balaban J connectivity index is 0.000000138. The van der Waals surface area contributed by atoms with E-state index < -0.39 is 18.0 Å². The molecule has 46 heavy (non-hydrogen) atoms. The molecule has 0 radical (unpaired) electrons. The second-order valence-electron chi connectivity index (χ2n) is 12.0. The third-order valence-electron chi connectivity index (χ3n) is 8.33. The van der Waals surface area contributed by atoms with Crippen LogP contribution in [-0.2, 0) is 18.0 Å². The van der Waals surface area contributed by atoms with Crippen LogP contribution in [0.4, 0.5) is 0 Å². The van der Waals surface area contributed by atoms with Crippen LogP contribution in [0, 0.1) is 13.8 Å². The number of aryl methyl sites for hydroxylation is 2. The summed E-state index contributed by atoms with van der Waals surface area (Å²) >= 11 is -1.65. The normalized spacial score (nSPS) is 10.8. The predicted molar refractivity (Wildman–Crippen MR) is 204 cm³/mol. The fourth-order valence-corrected chi connectivity index (χ4v) is 6.16. The number of fused-ring (bicyclic) bond motifs is 4. The van der Waals surface area contributed by atoms with E-state index in [1.165, 1.54) is 76.5 Å². The van der Waals surface area contributed by atoms with E-state index in [4.69, 9.17) is 17.0 Å². The quantitative estimate of drug-likeness (QED) is 0.123. The average Bonchev–Trinajstić information content (AvgIpc) is 3.65. The monoisotopic (exact) mass is 728 g/mol. The molecule has 0 aromatic heterocycles. The molecule has 0 saturated carbocycles. The number of halogens is 2. The molecule has 228 valence electrons. The molecule has 0 aliphatic heterocycles. The van der Waals surface area contributed by atoms with E-state index in [0.29, 0.717) is 0 Å². The first kappa shape index (κ1) is 32.7. The molecule has 4 heteroatoms. The van der Waals surface area contributed by atoms with Gasteiger partial charge in [-0.15, -0.1) is 69.1 Å². The van der Waals surface area contributed by atoms with Gasteiger partial charge in [0.05, 0.1) is 0 Å². The van der Waals surface area contributed by atoms with Crippen molar-refractivity contribution in [3.63, 3.8) is 0 Å². The minimum absolute atomic E-state index is 0.224. The Labute approximate surface area is 287 Å². The number of hydrogen-bond acceptors (Lipinski definition) is 0. The van der Waals surface area contributed by atoms with Gasteiger partial charge in [0, 0.05) is 0 Å². The van der Waals surface area contributed by atoms with Crippen LogP contribution in [0.25, 0.3) is 65.3 Å². The van der Waals surface area contributed by atoms with Crippen LogP contribution in [0.1, 0.15) is 11.1 Å². The summed E-state index contributed by atoms with van der Waals surface area (Å²) in [7, 11) is 11.2. The molecule has 0 bridgehead atoms. The molecule has 0 nitrogen and oxygen atoms in total. The minimum Gasteiger partial charge on any atom is -0.165 e. The molecule has 0 heterocycles. The van der Waals surface area contributed by atoms with Crippen LogP contribution in [0.3, 0.4) is 0 Å². The van der Waals surface area contributed by atoms with Gasteiger partial charge < -0.3 is 0 Å². The van der Waals surface area contributed by atoms with E-state index in [0.717, 1.165) is 0 Å². The van der Waals surface area contributed by atoms with E-state index in [9.17, 15) is 0 Å². The van der Waals surface area contributed by atoms with Crippen molar-refractivity contribution in [2.24, 2.45) is 0 Å². The maximum Gasteiger partial charge on any atom is -0.0114 e. The summed E-state index contributed by atoms with van der Waals surface area (Å²) in [5, 5.41) is 10.6. The molecule has 0 aliphatic rings. The fourth-order valence-electron chi connectivity index (χ4n) is 6.16. The molecular formula is C42H36Cl2SiZr-2. The van der Waals surface area contributed by atoms with Gasteiger partial charge in [0.25, 0.3) is 0 Å². The molecule has 0 atom stereocenters. The number of hydrogen-bond donors (Lipinski definition) is 0. The average molecular weight is 731 g/mol. The zero-order valence-electron chi connectivity index (χ0n) is 26.6. The van der Waals surface area contributed by atoms with Crippen molar-refractivity contribution in [3.8, 4) is 22.3 Å². The molecule has 0 saturated heterocycles. The summed E-state index contributed by atoms with van der Waals surface area (Å²) in [5.74, 6) is 0. The Kier molecular flexibility index (Phi) is 10.4. The molecule has 8 rings (SSSR count). The Morgan fingerprint density at radius 1 is 0.457 bits per heavy atom. The fraction of sp³-hybridized carbons (Fsp3) is 0.0952. The van der Waals surface area contributed by atoms with Crippen LogP contribution >= 0.6 is 17.0 Å². The molecule has 0 aliphatic carbocycles. The summed E-state index contributed by atoms with van der Waals surface area (Å²) < 4.78 is 0. The molecule has 0 spiro atoms. The van der Waals surface area contributed by atoms with E-state index in [1.807, 2.05) is 0 Å². The molecular weight excluding hydrogens is 695 g/mol. The summed E-state index contributed by atoms with van der Waals surface area (Å²) in [5.41, 5.74) is 7.72. The molecule has 0 fully saturated rings. The maximum absolute atomic E-state index is 5.62. The third-order valence-corrected chi connectivity index (χ3v) is 28.1. The predicted octanol–water partition coefficient (Wildman–Crippen LogP) is 13.5. The first-order chi connectivity index (χ1) is 22.3. The van der Waals surface area contributed by atoms with E-state index in [2.05, 4.69) is 173 Å². The topological polar surface area (TPSA) is 0 Å². The van der Waals surface area contributed by atoms with Crippen molar-refractivity contribution in [2.75, 3.05) is 0 Å². The molecule has 8 aromatic rings. The summed E-state index contributed by atoms with van der Waals surface area (Å²) in [6.45, 7) is 8.65. The van der Waals surface area contributed by atoms with Gasteiger partial charge in [-0.25, -0.2) is 0 Å². The Hall–Kier alpha value is -3.26. The largest absolute Gasteiger partial charge is 0.165 e. The van der Waals surface area contributed by atoms with Crippen LogP contribution in [-0.4, -0.2) is 5.43 Å². The SMILES string of the molecule is C[Si](C)=[Zr]([Cl])[Cl].Cc1cc2c(-c3cccc4ccccc34)cccc2[cH-]1.Cc1cc2c(-c3cccc4ccccc34)cccc2[cH-]1. The number of rotatable bonds is 2. The zero-order chi connectivity index (χ0) is 32.2. The first-order valence-electron chi connectivity index (χ1n) is 15.6. The van der Waals surface area contributed by atoms with Crippen LogP contribution in [0.2, 0.25) is 13.1 Å². The van der Waals surface area contributed by atoms with Crippen molar-refractivity contribution in [2.45, 2.75) is 26.9 Å². The Morgan fingerprint density at radius 3 is 1.17 bits per heavy atom. The van der Waals surface area contributed by atoms with Crippen LogP contribution in [0.15, 0.2) is 146 Å². The molecule has 8 aromatic carbocycles. The van der Waals surface area contributed by atoms with Crippen molar-refractivity contribution in [3.05, 3.63) is 157 Å². The van der Waals surface area contributed by atoms with Gasteiger partial charge in [-0.2, -0.15) is 12.1 Å². The molecule has 0 amide bonds. The first-order valence-corrected chi connectivity index (χ1v) is 28.1. The zero-order valence-corrected chi connectivity index (χ0v) is 31.6. The second-order valence-corrected chi connectivity index (χ2v) is 35.0. The van der Waals surface area contributed by atoms with Gasteiger partial charge in [0.1, 0.15) is 0 Å². The van der Waals surface area contributed by atoms with E-state index >= 15 is 0 Å². The van der Waals surface area contributed by atoms with Crippen molar-refractivity contribution in [1.82, 2.24) is 0 Å². The van der Waals surface area contributed by atoms with Crippen molar-refractivity contribution < 1.29 is 18.0 Å². The van der Waals surface area contributed by atoms with Gasteiger partial charge in [0.15, 0.2) is 0 Å². The van der Waals surface area contributed by atoms with Gasteiger partial charge in [-0.05, 0) is 32.7 Å². The van der Waals surface area contributed by atoms with Gasteiger partial charge in [-0.3, -0.25) is 0 Å². The van der Waals surface area contributed by atoms with Crippen LogP contribution in [0.5, 0.6) is 0 Å². The van der Waals surface area contributed by atoms with E-state index in [-0.39, 0.29) is 5.43 Å². The summed E-state index contributed by atoms with van der Waals surface area (Å²) in [6.07, 6.45) is 0. The second kappa shape index (κ2) is 14.7. The van der Waals surface area contributed by atoms with Gasteiger partial charge >= 0.3 is 53.5 Å². The Morgan fingerprint density at radius 2 is 0.783 bits per heavy atom. The third kappa shape index (κ3) is 7.17. The van der Waals surface area contributed by atoms with E-state index in [1.54, 1.807) is 0 Å². The minimum atomic E-state index is -1.65. The standard InChI is InChI=1S/2C20H15.C2H6Si.2ClH.Zr/c2*1-14-12-16-8-5-11-19(20(16)13-14)18-10-4-7-15-6-2-3-9-17(15)18;1-3-2;;;/h2*2-13H,1H3;1-2H3;2*1H;/q2*-1;;;;+2/p-2. The Bertz CT molecular complexity index is 2160. The summed E-state index contributed by atoms with van der Waals surface area (Å²) in [6, 6.07) is 52.5. The van der Waals surface area contributed by atoms with Gasteiger partial charge in [-0.1, -0.05) is 122 Å². The smallest absolute Gasteiger partial charge is 0.0114 e. The van der Waals surface area contributed by atoms with Crippen molar-refractivity contribution >= 4 is 65.5 Å². The summed E-state index contributed by atoms with van der Waals surface area (Å²) in [4.78, 5) is 0. The number of benzene rings is 6.